The average Bonchev–Trinajstić information content (AvgIpc) is 3.31. The molecular formula is C29H26F2N4O2S. The van der Waals surface area contributed by atoms with Crippen molar-refractivity contribution in [1.29, 1.82) is 0 Å². The molecule has 0 spiro atoms. The largest absolute Gasteiger partial charge is 0.283 e. The third-order valence-corrected chi connectivity index (χ3v) is 9.43. The zero-order valence-corrected chi connectivity index (χ0v) is 21.3. The van der Waals surface area contributed by atoms with Crippen LogP contribution in [0.25, 0.3) is 11.8 Å². The van der Waals surface area contributed by atoms with E-state index in [-0.39, 0.29) is 11.6 Å². The molecule has 1 saturated carbocycles. The van der Waals surface area contributed by atoms with Gasteiger partial charge in [-0.2, -0.15) is 0 Å². The lowest BCUT2D eigenvalue weighted by Gasteiger charge is -2.45. The fourth-order valence-corrected chi connectivity index (χ4v) is 7.37. The highest BCUT2D eigenvalue weighted by atomic mass is 32.2. The van der Waals surface area contributed by atoms with E-state index in [0.717, 1.165) is 22.5 Å². The van der Waals surface area contributed by atoms with Crippen molar-refractivity contribution >= 4 is 21.8 Å². The number of aromatic nitrogens is 3. The molecule has 3 aromatic carbocycles. The van der Waals surface area contributed by atoms with E-state index in [1.165, 1.54) is 24.3 Å². The first kappa shape index (κ1) is 24.5. The van der Waals surface area contributed by atoms with Crippen LogP contribution >= 0.6 is 0 Å². The number of fused-ring (bicyclic) bond motifs is 2. The molecule has 0 bridgehead atoms. The molecule has 194 valence electrons. The van der Waals surface area contributed by atoms with Crippen molar-refractivity contribution in [2.45, 2.75) is 37.4 Å². The van der Waals surface area contributed by atoms with E-state index < -0.39 is 20.7 Å². The quantitative estimate of drug-likeness (QED) is 0.345. The van der Waals surface area contributed by atoms with Crippen molar-refractivity contribution in [3.63, 3.8) is 0 Å². The second-order valence-corrected chi connectivity index (χ2v) is 12.1. The van der Waals surface area contributed by atoms with Gasteiger partial charge in [-0.25, -0.2) is 21.9 Å². The number of benzene rings is 3. The van der Waals surface area contributed by atoms with Crippen molar-refractivity contribution in [2.24, 2.45) is 5.41 Å². The molecule has 2 aliphatic carbocycles. The Labute approximate surface area is 220 Å². The van der Waals surface area contributed by atoms with Gasteiger partial charge in [-0.3, -0.25) is 4.72 Å². The van der Waals surface area contributed by atoms with Gasteiger partial charge < -0.3 is 0 Å². The smallest absolute Gasteiger partial charge is 0.235 e. The van der Waals surface area contributed by atoms with Gasteiger partial charge >= 0.3 is 0 Å². The van der Waals surface area contributed by atoms with E-state index in [0.29, 0.717) is 43.5 Å². The third kappa shape index (κ3) is 4.62. The van der Waals surface area contributed by atoms with Crippen LogP contribution in [-0.4, -0.2) is 28.7 Å². The van der Waals surface area contributed by atoms with E-state index in [2.05, 4.69) is 21.1 Å². The summed E-state index contributed by atoms with van der Waals surface area (Å²) < 4.78 is 58.6. The monoisotopic (exact) mass is 532 g/mol. The van der Waals surface area contributed by atoms with Crippen LogP contribution in [0.3, 0.4) is 0 Å². The fraction of sp³-hybridized carbons (Fsp3) is 0.241. The molecule has 2 unspecified atom stereocenters. The molecule has 38 heavy (non-hydrogen) atoms. The number of nitrogens with one attached hydrogen (secondary N) is 1. The van der Waals surface area contributed by atoms with Crippen LogP contribution in [0.1, 0.15) is 36.2 Å². The van der Waals surface area contributed by atoms with Crippen LogP contribution < -0.4 is 4.72 Å². The van der Waals surface area contributed by atoms with Crippen molar-refractivity contribution in [3.05, 3.63) is 113 Å². The second-order valence-electron chi connectivity index (χ2n) is 10.1. The highest BCUT2D eigenvalue weighted by molar-refractivity contribution is 7.93. The Balaban J connectivity index is 1.37. The molecule has 2 atom stereocenters. The van der Waals surface area contributed by atoms with E-state index >= 15 is 0 Å². The molecule has 1 aromatic heterocycles. The van der Waals surface area contributed by atoms with Gasteiger partial charge in [-0.15, -0.1) is 5.10 Å². The number of halogens is 2. The summed E-state index contributed by atoms with van der Waals surface area (Å²) >= 11 is 0. The molecule has 0 radical (unpaired) electrons. The summed E-state index contributed by atoms with van der Waals surface area (Å²) in [6.07, 6.45) is 4.60. The third-order valence-electron chi connectivity index (χ3n) is 7.63. The Hall–Kier alpha value is -3.85. The summed E-state index contributed by atoms with van der Waals surface area (Å²) in [7, 11) is -3.66. The molecule has 1 fully saturated rings. The highest BCUT2D eigenvalue weighted by Crippen LogP contribution is 2.51. The molecule has 6 nitrogen and oxygen atoms in total. The van der Waals surface area contributed by atoms with Crippen molar-refractivity contribution in [1.82, 2.24) is 15.0 Å². The van der Waals surface area contributed by atoms with Crippen molar-refractivity contribution in [3.8, 4) is 5.69 Å². The number of para-hydroxylation sites is 1. The topological polar surface area (TPSA) is 76.9 Å². The molecule has 0 aliphatic heterocycles. The standard InChI is InChI=1S/C29H26F2N4O2S/c30-22-9-6-20(7-10-22)17-29-18-26(38(36,37)33-24-4-2-1-3-5-24)15-8-21(29)16-28-27(19-29)32-34-35(28)25-13-11-23(31)12-14-25/h1-7,9-14,16,26,33H,8,15,17-19H2. The molecule has 6 rings (SSSR count). The van der Waals surface area contributed by atoms with Gasteiger partial charge in [0.25, 0.3) is 0 Å². The van der Waals surface area contributed by atoms with E-state index in [4.69, 9.17) is 0 Å². The first-order chi connectivity index (χ1) is 18.3. The van der Waals surface area contributed by atoms with Gasteiger partial charge in [-0.1, -0.05) is 41.1 Å². The van der Waals surface area contributed by atoms with Gasteiger partial charge in [0.1, 0.15) is 11.6 Å². The summed E-state index contributed by atoms with van der Waals surface area (Å²) in [5.74, 6) is -0.644. The van der Waals surface area contributed by atoms with E-state index in [9.17, 15) is 17.2 Å². The zero-order valence-electron chi connectivity index (χ0n) is 20.5. The maximum atomic E-state index is 13.7. The number of hydrogen-bond donors (Lipinski definition) is 1. The summed E-state index contributed by atoms with van der Waals surface area (Å²) in [5, 5.41) is 8.20. The summed E-state index contributed by atoms with van der Waals surface area (Å²) in [5.41, 5.74) is 4.37. The Morgan fingerprint density at radius 3 is 2.34 bits per heavy atom. The first-order valence-corrected chi connectivity index (χ1v) is 14.1. The van der Waals surface area contributed by atoms with Crippen LogP contribution in [0.2, 0.25) is 0 Å². The number of sulfonamides is 1. The van der Waals surface area contributed by atoms with Crippen molar-refractivity contribution in [2.75, 3.05) is 4.72 Å². The minimum atomic E-state index is -3.66. The lowest BCUT2D eigenvalue weighted by atomic mass is 9.62. The molecule has 4 aromatic rings. The maximum Gasteiger partial charge on any atom is 0.235 e. The summed E-state index contributed by atoms with van der Waals surface area (Å²) in [4.78, 5) is 0. The molecule has 1 heterocycles. The van der Waals surface area contributed by atoms with Gasteiger partial charge in [0.15, 0.2) is 0 Å². The number of anilines is 1. The summed E-state index contributed by atoms with van der Waals surface area (Å²) in [6, 6.07) is 21.4. The first-order valence-electron chi connectivity index (χ1n) is 12.5. The van der Waals surface area contributed by atoms with Crippen molar-refractivity contribution < 1.29 is 17.2 Å². The molecule has 2 aliphatic rings. The molecule has 1 N–H and O–H groups in total. The predicted octanol–water partition coefficient (Wildman–Crippen LogP) is 5.71. The predicted molar refractivity (Wildman–Crippen MR) is 142 cm³/mol. The van der Waals surface area contributed by atoms with Crippen LogP contribution in [0.4, 0.5) is 14.5 Å². The number of rotatable bonds is 6. The van der Waals surface area contributed by atoms with Gasteiger partial charge in [-0.05, 0) is 85.9 Å². The number of allylic oxidation sites excluding steroid dienone is 1. The van der Waals surface area contributed by atoms with Crippen LogP contribution in [0.15, 0.2) is 84.4 Å². The number of hydrogen-bond acceptors (Lipinski definition) is 4. The highest BCUT2D eigenvalue weighted by Gasteiger charge is 2.47. The van der Waals surface area contributed by atoms with E-state index in [1.54, 1.807) is 53.2 Å². The van der Waals surface area contributed by atoms with Crippen LogP contribution in [0, 0.1) is 17.0 Å². The minimum absolute atomic E-state index is 0.314. The molecular weight excluding hydrogens is 506 g/mol. The Morgan fingerprint density at radius 1 is 0.947 bits per heavy atom. The van der Waals surface area contributed by atoms with E-state index in [1.807, 2.05) is 6.07 Å². The van der Waals surface area contributed by atoms with Gasteiger partial charge in [0.05, 0.1) is 22.3 Å². The minimum Gasteiger partial charge on any atom is -0.283 e. The lowest BCUT2D eigenvalue weighted by Crippen LogP contribution is -2.43. The normalized spacial score (nSPS) is 20.8. The fourth-order valence-electron chi connectivity index (χ4n) is 5.77. The SMILES string of the molecule is O=S(=O)(Nc1ccccc1)C1CCC2=Cc3c(nnn3-c3ccc(F)cc3)CC2(Cc2ccc(F)cc2)C1. The van der Waals surface area contributed by atoms with Gasteiger partial charge in [0.2, 0.25) is 10.0 Å². The Morgan fingerprint density at radius 2 is 1.63 bits per heavy atom. The second kappa shape index (κ2) is 9.47. The molecule has 0 saturated heterocycles. The Bertz CT molecular complexity index is 1600. The summed E-state index contributed by atoms with van der Waals surface area (Å²) in [6.45, 7) is 0. The number of nitrogens with zero attached hydrogens (tertiary/aromatic N) is 3. The van der Waals surface area contributed by atoms with Gasteiger partial charge in [0, 0.05) is 17.5 Å². The van der Waals surface area contributed by atoms with Crippen LogP contribution in [-0.2, 0) is 22.9 Å². The molecule has 9 heteroatoms. The lowest BCUT2D eigenvalue weighted by molar-refractivity contribution is 0.265. The molecule has 0 amide bonds. The zero-order chi connectivity index (χ0) is 26.3. The average molecular weight is 533 g/mol. The van der Waals surface area contributed by atoms with Crippen LogP contribution in [0.5, 0.6) is 0 Å². The Kier molecular flexibility index (Phi) is 6.10. The maximum absolute atomic E-state index is 13.7.